The Labute approximate surface area is 107 Å². The molecule has 3 N–H and O–H groups in total. The van der Waals surface area contributed by atoms with Gasteiger partial charge in [0.1, 0.15) is 0 Å². The summed E-state index contributed by atoms with van der Waals surface area (Å²) >= 11 is 0. The summed E-state index contributed by atoms with van der Waals surface area (Å²) in [7, 11) is -3.37. The van der Waals surface area contributed by atoms with Crippen LogP contribution >= 0.6 is 7.60 Å². The van der Waals surface area contributed by atoms with E-state index >= 15 is 0 Å². The molecule has 0 aliphatic heterocycles. The molecule has 0 aliphatic rings. The molecule has 18 heavy (non-hydrogen) atoms. The highest BCUT2D eigenvalue weighted by atomic mass is 31.2. The van der Waals surface area contributed by atoms with E-state index in [9.17, 15) is 4.57 Å². The van der Waals surface area contributed by atoms with Crippen LogP contribution in [0.1, 0.15) is 0 Å². The van der Waals surface area contributed by atoms with Crippen molar-refractivity contribution in [2.75, 3.05) is 6.66 Å². The summed E-state index contributed by atoms with van der Waals surface area (Å²) in [6, 6.07) is 20.8. The lowest BCUT2D eigenvalue weighted by Crippen LogP contribution is -1.93. The third-order valence-electron chi connectivity index (χ3n) is 2.08. The van der Waals surface area contributed by atoms with E-state index < -0.39 is 7.60 Å². The second-order valence-electron chi connectivity index (χ2n) is 3.64. The van der Waals surface area contributed by atoms with Gasteiger partial charge in [0, 0.05) is 6.66 Å². The molecule has 0 radical (unpaired) electrons. The molecule has 0 amide bonds. The number of nitrogens with two attached hydrogens (primary N) is 1. The lowest BCUT2D eigenvalue weighted by Gasteiger charge is -1.98. The first-order chi connectivity index (χ1) is 8.53. The maximum absolute atomic E-state index is 9.79. The van der Waals surface area contributed by atoms with Gasteiger partial charge in [0.05, 0.1) is 0 Å². The van der Waals surface area contributed by atoms with Gasteiger partial charge in [-0.2, -0.15) is 0 Å². The van der Waals surface area contributed by atoms with Gasteiger partial charge >= 0.3 is 7.60 Å². The molecule has 2 rings (SSSR count). The molecule has 0 saturated heterocycles. The van der Waals surface area contributed by atoms with Crippen molar-refractivity contribution in [3.63, 3.8) is 0 Å². The van der Waals surface area contributed by atoms with Gasteiger partial charge in [0.25, 0.3) is 0 Å². The molecular weight excluding hydrogens is 249 g/mol. The van der Waals surface area contributed by atoms with Crippen molar-refractivity contribution in [1.82, 2.24) is 0 Å². The maximum atomic E-state index is 9.79. The number of rotatable bonds is 2. The van der Waals surface area contributed by atoms with Crippen molar-refractivity contribution in [3.05, 3.63) is 60.7 Å². The standard InChI is InChI=1S/C12H10.CH6NO3P/c1-3-7-11(8-4-1)12-9-5-2-6-10-12;1-6(3,4)5-2/h1-10H;2H2,1H3,(H,3,4). The van der Waals surface area contributed by atoms with Gasteiger partial charge in [-0.15, -0.1) is 0 Å². The third-order valence-corrected chi connectivity index (χ3v) is 2.47. The minimum Gasteiger partial charge on any atom is -0.324 e. The topological polar surface area (TPSA) is 72.5 Å². The molecule has 2 aromatic rings. The number of benzene rings is 2. The summed E-state index contributed by atoms with van der Waals surface area (Å²) in [6.07, 6.45) is 0. The van der Waals surface area contributed by atoms with Gasteiger partial charge < -0.3 is 4.89 Å². The highest BCUT2D eigenvalue weighted by Gasteiger charge is 2.04. The van der Waals surface area contributed by atoms with Crippen LogP contribution in [-0.4, -0.2) is 11.6 Å². The first-order valence-corrected chi connectivity index (χ1v) is 7.34. The van der Waals surface area contributed by atoms with Crippen LogP contribution in [0.5, 0.6) is 0 Å². The molecule has 1 unspecified atom stereocenters. The summed E-state index contributed by atoms with van der Waals surface area (Å²) in [5.74, 6) is 4.29. The predicted molar refractivity (Wildman–Crippen MR) is 72.9 cm³/mol. The molecule has 2 aromatic carbocycles. The molecule has 0 aliphatic carbocycles. The predicted octanol–water partition coefficient (Wildman–Crippen LogP) is 3.05. The van der Waals surface area contributed by atoms with Crippen molar-refractivity contribution in [2.24, 2.45) is 5.90 Å². The minimum absolute atomic E-state index is 1.01. The first kappa shape index (κ1) is 14.6. The Bertz CT molecular complexity index is 459. The van der Waals surface area contributed by atoms with E-state index in [2.05, 4.69) is 59.1 Å². The maximum Gasteiger partial charge on any atom is 0.341 e. The van der Waals surface area contributed by atoms with Crippen LogP contribution in [0, 0.1) is 0 Å². The molecule has 96 valence electrons. The average Bonchev–Trinajstić information content (AvgIpc) is 2.41. The Kier molecular flexibility index (Phi) is 5.75. The van der Waals surface area contributed by atoms with Gasteiger partial charge in [0.15, 0.2) is 0 Å². The van der Waals surface area contributed by atoms with Crippen molar-refractivity contribution in [3.8, 4) is 11.1 Å². The Hall–Kier alpha value is -1.45. The number of hydrogen-bond donors (Lipinski definition) is 2. The van der Waals surface area contributed by atoms with E-state index in [-0.39, 0.29) is 0 Å². The van der Waals surface area contributed by atoms with Crippen molar-refractivity contribution >= 4 is 7.60 Å². The summed E-state index contributed by atoms with van der Waals surface area (Å²) < 4.78 is 13.3. The molecule has 0 bridgehead atoms. The van der Waals surface area contributed by atoms with Gasteiger partial charge in [-0.1, -0.05) is 60.7 Å². The smallest absolute Gasteiger partial charge is 0.324 e. The van der Waals surface area contributed by atoms with E-state index in [1.54, 1.807) is 0 Å². The van der Waals surface area contributed by atoms with Crippen LogP contribution in [-0.2, 0) is 9.19 Å². The fourth-order valence-electron chi connectivity index (χ4n) is 1.26. The summed E-state index contributed by atoms with van der Waals surface area (Å²) in [4.78, 5) is 8.03. The second-order valence-corrected chi connectivity index (χ2v) is 5.46. The van der Waals surface area contributed by atoms with E-state index in [4.69, 9.17) is 4.89 Å². The fraction of sp³-hybridized carbons (Fsp3) is 0.0769. The Morgan fingerprint density at radius 1 is 0.944 bits per heavy atom. The molecule has 4 nitrogen and oxygen atoms in total. The zero-order valence-electron chi connectivity index (χ0n) is 10.1. The molecule has 0 saturated carbocycles. The quantitative estimate of drug-likeness (QED) is 0.646. The molecule has 1 atom stereocenters. The van der Waals surface area contributed by atoms with Crippen LogP contribution in [0.3, 0.4) is 0 Å². The van der Waals surface area contributed by atoms with E-state index in [1.807, 2.05) is 12.1 Å². The van der Waals surface area contributed by atoms with E-state index in [0.717, 1.165) is 6.66 Å². The molecular formula is C13H16NO3P. The molecule has 0 aromatic heterocycles. The molecule has 0 spiro atoms. The summed E-state index contributed by atoms with van der Waals surface area (Å²) in [5, 5.41) is 0. The molecule has 0 heterocycles. The van der Waals surface area contributed by atoms with Crippen LogP contribution < -0.4 is 5.90 Å². The van der Waals surface area contributed by atoms with Gasteiger partial charge in [-0.3, -0.25) is 4.57 Å². The SMILES string of the molecule is CP(=O)(O)ON.c1ccc(-c2ccccc2)cc1. The largest absolute Gasteiger partial charge is 0.341 e. The van der Waals surface area contributed by atoms with Gasteiger partial charge in [-0.05, 0) is 11.1 Å². The van der Waals surface area contributed by atoms with Crippen LogP contribution in [0.25, 0.3) is 11.1 Å². The normalized spacial score (nSPS) is 13.1. The van der Waals surface area contributed by atoms with Crippen LogP contribution in [0.4, 0.5) is 0 Å². The Morgan fingerprint density at radius 2 is 1.22 bits per heavy atom. The third kappa shape index (κ3) is 5.75. The zero-order chi connectivity index (χ0) is 13.4. The first-order valence-electron chi connectivity index (χ1n) is 5.32. The monoisotopic (exact) mass is 265 g/mol. The lowest BCUT2D eigenvalue weighted by molar-refractivity contribution is 0.273. The molecule has 0 fully saturated rings. The highest BCUT2D eigenvalue weighted by molar-refractivity contribution is 7.51. The minimum atomic E-state index is -3.37. The lowest BCUT2D eigenvalue weighted by atomic mass is 10.1. The van der Waals surface area contributed by atoms with Crippen LogP contribution in [0.2, 0.25) is 0 Å². The van der Waals surface area contributed by atoms with Crippen LogP contribution in [0.15, 0.2) is 60.7 Å². The van der Waals surface area contributed by atoms with E-state index in [1.165, 1.54) is 11.1 Å². The summed E-state index contributed by atoms with van der Waals surface area (Å²) in [6.45, 7) is 1.01. The fourth-order valence-corrected chi connectivity index (χ4v) is 1.26. The van der Waals surface area contributed by atoms with E-state index in [0.29, 0.717) is 0 Å². The Balaban J connectivity index is 0.000000232. The Morgan fingerprint density at radius 3 is 1.44 bits per heavy atom. The summed E-state index contributed by atoms with van der Waals surface area (Å²) in [5.41, 5.74) is 2.55. The van der Waals surface area contributed by atoms with Crippen molar-refractivity contribution in [2.45, 2.75) is 0 Å². The average molecular weight is 265 g/mol. The van der Waals surface area contributed by atoms with Crippen molar-refractivity contribution in [1.29, 1.82) is 0 Å². The van der Waals surface area contributed by atoms with Crippen molar-refractivity contribution < 1.29 is 14.1 Å². The molecule has 5 heteroatoms. The number of hydrogen-bond acceptors (Lipinski definition) is 3. The zero-order valence-corrected chi connectivity index (χ0v) is 11.0. The van der Waals surface area contributed by atoms with Gasteiger partial charge in [0.2, 0.25) is 0 Å². The van der Waals surface area contributed by atoms with Gasteiger partial charge in [-0.25, -0.2) is 10.5 Å². The highest BCUT2D eigenvalue weighted by Crippen LogP contribution is 2.32. The second kappa shape index (κ2) is 7.09.